The van der Waals surface area contributed by atoms with E-state index in [9.17, 15) is 0 Å². The Kier molecular flexibility index (Phi) is 7.08. The molecule has 11 rings (SSSR count). The van der Waals surface area contributed by atoms with Gasteiger partial charge in [0.05, 0.1) is 11.0 Å². The average molecular weight is 704 g/mol. The molecular weight excluding hydrogens is 683 g/mol. The van der Waals surface area contributed by atoms with E-state index in [1.807, 2.05) is 78.9 Å². The van der Waals surface area contributed by atoms with Crippen molar-refractivity contribution < 1.29 is 8.83 Å². The highest BCUT2D eigenvalue weighted by Crippen LogP contribution is 2.39. The van der Waals surface area contributed by atoms with Crippen molar-refractivity contribution in [3.05, 3.63) is 127 Å². The van der Waals surface area contributed by atoms with E-state index in [2.05, 4.69) is 53.1 Å². The second-order valence-electron chi connectivity index (χ2n) is 13.9. The minimum absolute atomic E-state index is 0.103. The second-order valence-corrected chi connectivity index (χ2v) is 13.9. The van der Waals surface area contributed by atoms with Crippen molar-refractivity contribution in [3.8, 4) is 39.9 Å². The van der Waals surface area contributed by atoms with Crippen LogP contribution in [0.25, 0.3) is 106 Å². The SMILES string of the molecule is [B]c1c([B])c([B])c(-c2nc(-c3cccc(-n4c5ccccc5c5cc6c(cc54)oc4ccccc46)c3)nc(-c3ccc4c(c3)oc3ccccc34)n2)c([B])c1[B]. The Balaban J connectivity index is 1.14. The molecule has 0 aliphatic rings. The van der Waals surface area contributed by atoms with Crippen LogP contribution >= 0.6 is 0 Å². The van der Waals surface area contributed by atoms with E-state index in [4.69, 9.17) is 63.0 Å². The Morgan fingerprint density at radius 2 is 0.929 bits per heavy atom. The Hall–Kier alpha value is -6.73. The number of fused-ring (bicyclic) bond motifs is 9. The molecule has 7 aromatic carbocycles. The summed E-state index contributed by atoms with van der Waals surface area (Å²) in [6, 6.07) is 42.7. The molecule has 0 N–H and O–H groups in total. The van der Waals surface area contributed by atoms with Gasteiger partial charge in [0.15, 0.2) is 17.5 Å². The minimum atomic E-state index is 0.103. The number of para-hydroxylation sites is 3. The Labute approximate surface area is 326 Å². The van der Waals surface area contributed by atoms with Crippen LogP contribution in [0.15, 0.2) is 136 Å². The van der Waals surface area contributed by atoms with E-state index in [0.717, 1.165) is 71.4 Å². The molecular formula is C45H21B5N4O2. The summed E-state index contributed by atoms with van der Waals surface area (Å²) in [6.07, 6.45) is 0. The summed E-state index contributed by atoms with van der Waals surface area (Å²) in [5, 5.41) is 6.37. The third-order valence-corrected chi connectivity index (χ3v) is 10.7. The fraction of sp³-hybridized carbons (Fsp3) is 0. The van der Waals surface area contributed by atoms with Crippen LogP contribution in [-0.4, -0.2) is 58.8 Å². The van der Waals surface area contributed by atoms with Gasteiger partial charge in [0.2, 0.25) is 0 Å². The molecule has 0 unspecified atom stereocenters. The van der Waals surface area contributed by atoms with Gasteiger partial charge in [-0.25, -0.2) is 15.0 Å². The number of rotatable bonds is 4. The molecule has 0 atom stereocenters. The maximum atomic E-state index is 6.57. The van der Waals surface area contributed by atoms with Crippen LogP contribution in [0.4, 0.5) is 0 Å². The highest BCUT2D eigenvalue weighted by atomic mass is 16.3. The third kappa shape index (κ3) is 4.80. The quantitative estimate of drug-likeness (QED) is 0.219. The van der Waals surface area contributed by atoms with Gasteiger partial charge in [-0.3, -0.25) is 0 Å². The summed E-state index contributed by atoms with van der Waals surface area (Å²) >= 11 is 0. The topological polar surface area (TPSA) is 69.9 Å². The van der Waals surface area contributed by atoms with Crippen molar-refractivity contribution in [2.45, 2.75) is 0 Å². The third-order valence-electron chi connectivity index (χ3n) is 10.7. The van der Waals surface area contributed by atoms with Crippen LogP contribution in [0.2, 0.25) is 0 Å². The Morgan fingerprint density at radius 3 is 1.64 bits per heavy atom. The molecule has 0 saturated heterocycles. The van der Waals surface area contributed by atoms with Gasteiger partial charge in [0, 0.05) is 60.8 Å². The molecule has 0 aliphatic heterocycles. The number of furan rings is 2. The number of nitrogens with zero attached hydrogens (tertiary/aromatic N) is 4. The lowest BCUT2D eigenvalue weighted by Gasteiger charge is -2.20. The van der Waals surface area contributed by atoms with Crippen LogP contribution in [0.3, 0.4) is 0 Å². The largest absolute Gasteiger partial charge is 0.456 e. The van der Waals surface area contributed by atoms with Gasteiger partial charge in [-0.2, -0.15) is 0 Å². The molecule has 0 aliphatic carbocycles. The minimum Gasteiger partial charge on any atom is -0.456 e. The summed E-state index contributed by atoms with van der Waals surface area (Å²) in [5.74, 6) is 0.942. The monoisotopic (exact) mass is 704 g/mol. The zero-order valence-corrected chi connectivity index (χ0v) is 29.6. The normalized spacial score (nSPS) is 11.9. The zero-order chi connectivity index (χ0) is 37.8. The zero-order valence-electron chi connectivity index (χ0n) is 29.6. The van der Waals surface area contributed by atoms with Gasteiger partial charge in [-0.15, -0.1) is 16.4 Å². The summed E-state index contributed by atoms with van der Waals surface area (Å²) in [5.41, 5.74) is 8.33. The maximum Gasteiger partial charge on any atom is 0.164 e. The van der Waals surface area contributed by atoms with Crippen LogP contribution < -0.4 is 27.3 Å². The predicted molar refractivity (Wildman–Crippen MR) is 232 cm³/mol. The second kappa shape index (κ2) is 12.1. The van der Waals surface area contributed by atoms with Gasteiger partial charge in [0.1, 0.15) is 61.6 Å². The smallest absolute Gasteiger partial charge is 0.164 e. The standard InChI is InChI=1S/C45H21B5N4O2/c46-38-37(39(47)41(49)42(50)40(38)48)45-52-43(51-44(53-45)23-16-17-28-26-11-2-5-14-33(26)55-35(28)19-23)22-8-7-9-24(18-22)54-31-13-4-1-10-25(31)29-20-30-27-12-3-6-15-34(27)56-36(30)21-32(29)54/h1-21H. The number of benzene rings is 7. The fourth-order valence-corrected chi connectivity index (χ4v) is 7.95. The van der Waals surface area contributed by atoms with Crippen molar-refractivity contribution in [1.82, 2.24) is 19.5 Å². The molecule has 0 spiro atoms. The molecule has 0 fully saturated rings. The molecule has 248 valence electrons. The highest BCUT2D eigenvalue weighted by molar-refractivity contribution is 6.68. The number of hydrogen-bond acceptors (Lipinski definition) is 5. The molecule has 4 heterocycles. The lowest BCUT2D eigenvalue weighted by Crippen LogP contribution is -2.55. The molecule has 10 radical (unpaired) electrons. The van der Waals surface area contributed by atoms with Gasteiger partial charge in [-0.1, -0.05) is 83.7 Å². The lowest BCUT2D eigenvalue weighted by atomic mass is 9.60. The predicted octanol–water partition coefficient (Wildman–Crippen LogP) is 5.74. The van der Waals surface area contributed by atoms with E-state index >= 15 is 0 Å². The summed E-state index contributed by atoms with van der Waals surface area (Å²) in [4.78, 5) is 14.9. The van der Waals surface area contributed by atoms with Gasteiger partial charge in [-0.05, 0) is 48.5 Å². The fourth-order valence-electron chi connectivity index (χ4n) is 7.95. The van der Waals surface area contributed by atoms with Crippen molar-refractivity contribution in [3.63, 3.8) is 0 Å². The average Bonchev–Trinajstić information content (AvgIpc) is 3.90. The molecule has 0 amide bonds. The van der Waals surface area contributed by atoms with Gasteiger partial charge in [0.25, 0.3) is 0 Å². The molecule has 56 heavy (non-hydrogen) atoms. The molecule has 0 bridgehead atoms. The van der Waals surface area contributed by atoms with E-state index in [-0.39, 0.29) is 38.7 Å². The van der Waals surface area contributed by atoms with E-state index in [1.54, 1.807) is 0 Å². The van der Waals surface area contributed by atoms with Crippen LogP contribution in [0, 0.1) is 0 Å². The molecule has 11 aromatic rings. The van der Waals surface area contributed by atoms with Crippen molar-refractivity contribution in [2.75, 3.05) is 0 Å². The van der Waals surface area contributed by atoms with Crippen molar-refractivity contribution in [2.24, 2.45) is 0 Å². The first-order chi connectivity index (χ1) is 27.3. The lowest BCUT2D eigenvalue weighted by molar-refractivity contribution is 0.668. The summed E-state index contributed by atoms with van der Waals surface area (Å²) in [7, 11) is 32.0. The molecule has 6 nitrogen and oxygen atoms in total. The Morgan fingerprint density at radius 1 is 0.375 bits per heavy atom. The first-order valence-corrected chi connectivity index (χ1v) is 18.0. The first kappa shape index (κ1) is 32.7. The molecule has 11 heteroatoms. The first-order valence-electron chi connectivity index (χ1n) is 18.0. The van der Waals surface area contributed by atoms with Gasteiger partial charge >= 0.3 is 0 Å². The summed E-state index contributed by atoms with van der Waals surface area (Å²) in [6.45, 7) is 0. The highest BCUT2D eigenvalue weighted by Gasteiger charge is 2.21. The van der Waals surface area contributed by atoms with Crippen LogP contribution in [-0.2, 0) is 0 Å². The van der Waals surface area contributed by atoms with Crippen molar-refractivity contribution in [1.29, 1.82) is 0 Å². The Bertz CT molecular complexity index is 3430. The van der Waals surface area contributed by atoms with E-state index in [1.165, 1.54) is 0 Å². The number of hydrogen-bond donors (Lipinski definition) is 0. The van der Waals surface area contributed by atoms with Crippen molar-refractivity contribution >= 4 is 132 Å². The number of aromatic nitrogens is 4. The molecule has 0 saturated carbocycles. The molecule has 4 aromatic heterocycles. The van der Waals surface area contributed by atoms with Crippen LogP contribution in [0.5, 0.6) is 0 Å². The van der Waals surface area contributed by atoms with Crippen LogP contribution in [0.1, 0.15) is 0 Å². The van der Waals surface area contributed by atoms with E-state index < -0.39 is 0 Å². The maximum absolute atomic E-state index is 6.57. The summed E-state index contributed by atoms with van der Waals surface area (Å²) < 4.78 is 14.8. The van der Waals surface area contributed by atoms with Gasteiger partial charge < -0.3 is 13.4 Å². The van der Waals surface area contributed by atoms with E-state index in [0.29, 0.717) is 22.8 Å².